The monoisotopic (exact) mass is 216 g/mol. The van der Waals surface area contributed by atoms with Crippen molar-refractivity contribution in [1.82, 2.24) is 0 Å². The number of hydrogen-bond donors (Lipinski definition) is 2. The fourth-order valence-electron chi connectivity index (χ4n) is 1.67. The van der Waals surface area contributed by atoms with Crippen LogP contribution in [0.4, 0.5) is 0 Å². The number of carboxylic acids is 1. The summed E-state index contributed by atoms with van der Waals surface area (Å²) in [4.78, 5) is 33.4. The smallest absolute Gasteiger partial charge is 0.316 e. The summed E-state index contributed by atoms with van der Waals surface area (Å²) in [5, 5.41) is 18.1. The molecule has 2 N–H and O–H groups in total. The zero-order chi connectivity index (χ0) is 11.7. The van der Waals surface area contributed by atoms with E-state index in [9.17, 15) is 19.5 Å². The first kappa shape index (κ1) is 11.8. The van der Waals surface area contributed by atoms with E-state index in [1.54, 1.807) is 0 Å². The molecule has 1 rings (SSSR count). The second-order valence-electron chi connectivity index (χ2n) is 3.54. The molecule has 4 unspecified atom stereocenters. The van der Waals surface area contributed by atoms with Crippen LogP contribution in [0.3, 0.4) is 0 Å². The van der Waals surface area contributed by atoms with Crippen molar-refractivity contribution < 1.29 is 29.3 Å². The number of aliphatic carboxylic acids is 1. The van der Waals surface area contributed by atoms with Crippen molar-refractivity contribution >= 4 is 17.5 Å². The molecule has 1 heterocycles. The first-order valence-electron chi connectivity index (χ1n) is 4.46. The van der Waals surface area contributed by atoms with Gasteiger partial charge in [-0.05, 0) is 13.8 Å². The molecule has 0 saturated carbocycles. The molecule has 6 heteroatoms. The molecule has 1 aliphatic heterocycles. The van der Waals surface area contributed by atoms with Gasteiger partial charge < -0.3 is 14.9 Å². The zero-order valence-electron chi connectivity index (χ0n) is 8.34. The Bertz CT molecular complexity index is 282. The van der Waals surface area contributed by atoms with E-state index >= 15 is 0 Å². The third-order valence-electron chi connectivity index (χ3n) is 2.43. The summed E-state index contributed by atoms with van der Waals surface area (Å²) in [6.07, 6.45) is -2.47. The van der Waals surface area contributed by atoms with Crippen LogP contribution in [0.2, 0.25) is 0 Å². The summed E-state index contributed by atoms with van der Waals surface area (Å²) in [5.41, 5.74) is 0. The minimum Gasteiger partial charge on any atom is -0.481 e. The van der Waals surface area contributed by atoms with Gasteiger partial charge in [0.15, 0.2) is 12.1 Å². The Balaban J connectivity index is 2.99. The highest BCUT2D eigenvalue weighted by Gasteiger charge is 2.48. The van der Waals surface area contributed by atoms with Crippen molar-refractivity contribution in [3.05, 3.63) is 0 Å². The number of ketones is 2. The molecular weight excluding hydrogens is 204 g/mol. The number of aliphatic hydroxyl groups excluding tert-OH is 1. The number of aliphatic hydroxyl groups is 1. The topological polar surface area (TPSA) is 101 Å². The summed E-state index contributed by atoms with van der Waals surface area (Å²) in [5.74, 6) is -5.50. The summed E-state index contributed by atoms with van der Waals surface area (Å²) in [6.45, 7) is 2.49. The molecule has 15 heavy (non-hydrogen) atoms. The van der Waals surface area contributed by atoms with E-state index in [1.807, 2.05) is 0 Å². The molecule has 4 atom stereocenters. The number of ether oxygens (including phenoxy) is 1. The SMILES string of the molecule is CC(=O)C1C(=O)C(C(=O)O)C(C)OC1O. The van der Waals surface area contributed by atoms with E-state index in [1.165, 1.54) is 6.92 Å². The number of Topliss-reactive ketones (excluding diaryl/α,β-unsaturated/α-hetero) is 2. The molecule has 0 aliphatic carbocycles. The maximum atomic E-state index is 11.6. The van der Waals surface area contributed by atoms with Gasteiger partial charge in [0.1, 0.15) is 17.6 Å². The average Bonchev–Trinajstić information content (AvgIpc) is 1.99. The van der Waals surface area contributed by atoms with Gasteiger partial charge in [-0.25, -0.2) is 0 Å². The zero-order valence-corrected chi connectivity index (χ0v) is 8.34. The van der Waals surface area contributed by atoms with E-state index in [2.05, 4.69) is 0 Å². The molecule has 1 fully saturated rings. The molecule has 1 aliphatic rings. The van der Waals surface area contributed by atoms with Crippen LogP contribution in [-0.2, 0) is 19.1 Å². The molecule has 0 bridgehead atoms. The van der Waals surface area contributed by atoms with Crippen molar-refractivity contribution in [2.24, 2.45) is 11.8 Å². The van der Waals surface area contributed by atoms with Gasteiger partial charge in [0.05, 0.1) is 6.10 Å². The Morgan fingerprint density at radius 2 is 1.87 bits per heavy atom. The van der Waals surface area contributed by atoms with Gasteiger partial charge in [0.25, 0.3) is 0 Å². The van der Waals surface area contributed by atoms with Crippen LogP contribution >= 0.6 is 0 Å². The first-order chi connectivity index (χ1) is 6.86. The standard InChI is InChI=1S/C9H12O6/c1-3(10)5-7(11)6(8(12)13)4(2)15-9(5)14/h4-6,9,14H,1-2H3,(H,12,13). The maximum absolute atomic E-state index is 11.6. The van der Waals surface area contributed by atoms with E-state index in [4.69, 9.17) is 9.84 Å². The number of carboxylic acid groups (broad SMARTS) is 1. The summed E-state index contributed by atoms with van der Waals surface area (Å²) in [6, 6.07) is 0. The largest absolute Gasteiger partial charge is 0.481 e. The third-order valence-corrected chi connectivity index (χ3v) is 2.43. The predicted molar refractivity (Wildman–Crippen MR) is 46.9 cm³/mol. The second kappa shape index (κ2) is 4.08. The van der Waals surface area contributed by atoms with E-state index in [0.717, 1.165) is 6.92 Å². The van der Waals surface area contributed by atoms with Gasteiger partial charge in [-0.1, -0.05) is 0 Å². The highest BCUT2D eigenvalue weighted by Crippen LogP contribution is 2.26. The number of carbonyl (C=O) groups excluding carboxylic acids is 2. The minimum absolute atomic E-state index is 0.592. The lowest BCUT2D eigenvalue weighted by atomic mass is 9.84. The normalized spacial score (nSPS) is 36.3. The Morgan fingerprint density at radius 3 is 2.27 bits per heavy atom. The van der Waals surface area contributed by atoms with Crippen LogP contribution in [0.5, 0.6) is 0 Å². The summed E-state index contributed by atoms with van der Waals surface area (Å²) < 4.78 is 4.84. The Kier molecular flexibility index (Phi) is 3.21. The van der Waals surface area contributed by atoms with E-state index < -0.39 is 41.8 Å². The molecule has 1 saturated heterocycles. The van der Waals surface area contributed by atoms with Gasteiger partial charge in [0, 0.05) is 0 Å². The van der Waals surface area contributed by atoms with Crippen molar-refractivity contribution in [3.8, 4) is 0 Å². The van der Waals surface area contributed by atoms with Gasteiger partial charge in [-0.2, -0.15) is 0 Å². The predicted octanol–water partition coefficient (Wildman–Crippen LogP) is -0.801. The molecular formula is C9H12O6. The fourth-order valence-corrected chi connectivity index (χ4v) is 1.67. The van der Waals surface area contributed by atoms with Crippen molar-refractivity contribution in [1.29, 1.82) is 0 Å². The molecule has 0 aromatic heterocycles. The van der Waals surface area contributed by atoms with Gasteiger partial charge >= 0.3 is 5.97 Å². The average molecular weight is 216 g/mol. The van der Waals surface area contributed by atoms with Crippen molar-refractivity contribution in [2.75, 3.05) is 0 Å². The van der Waals surface area contributed by atoms with E-state index in [0.29, 0.717) is 0 Å². The third kappa shape index (κ3) is 2.05. The Morgan fingerprint density at radius 1 is 1.33 bits per heavy atom. The number of rotatable bonds is 2. The van der Waals surface area contributed by atoms with Gasteiger partial charge in [-0.15, -0.1) is 0 Å². The lowest BCUT2D eigenvalue weighted by Gasteiger charge is -2.33. The molecule has 0 spiro atoms. The molecule has 0 radical (unpaired) electrons. The Labute approximate surface area is 85.8 Å². The van der Waals surface area contributed by atoms with Crippen LogP contribution < -0.4 is 0 Å². The molecule has 0 aromatic carbocycles. The van der Waals surface area contributed by atoms with Crippen molar-refractivity contribution in [3.63, 3.8) is 0 Å². The molecule has 0 amide bonds. The highest BCUT2D eigenvalue weighted by molar-refractivity contribution is 6.10. The fraction of sp³-hybridized carbons (Fsp3) is 0.667. The van der Waals surface area contributed by atoms with Crippen LogP contribution in [0, 0.1) is 11.8 Å². The van der Waals surface area contributed by atoms with Crippen LogP contribution in [-0.4, -0.2) is 40.1 Å². The summed E-state index contributed by atoms with van der Waals surface area (Å²) in [7, 11) is 0. The highest BCUT2D eigenvalue weighted by atomic mass is 16.6. The lowest BCUT2D eigenvalue weighted by molar-refractivity contribution is -0.207. The van der Waals surface area contributed by atoms with Crippen LogP contribution in [0.1, 0.15) is 13.8 Å². The number of hydrogen-bond acceptors (Lipinski definition) is 5. The van der Waals surface area contributed by atoms with Crippen molar-refractivity contribution in [2.45, 2.75) is 26.2 Å². The van der Waals surface area contributed by atoms with Gasteiger partial charge in [-0.3, -0.25) is 14.4 Å². The molecule has 84 valence electrons. The van der Waals surface area contributed by atoms with Crippen LogP contribution in [0.15, 0.2) is 0 Å². The molecule has 0 aromatic rings. The summed E-state index contributed by atoms with van der Waals surface area (Å²) >= 11 is 0. The second-order valence-corrected chi connectivity index (χ2v) is 3.54. The lowest BCUT2D eigenvalue weighted by Crippen LogP contribution is -2.52. The quantitative estimate of drug-likeness (QED) is 0.586. The minimum atomic E-state index is -1.54. The Hall–Kier alpha value is -1.27. The van der Waals surface area contributed by atoms with Crippen LogP contribution in [0.25, 0.3) is 0 Å². The first-order valence-corrected chi connectivity index (χ1v) is 4.46. The van der Waals surface area contributed by atoms with Gasteiger partial charge in [0.2, 0.25) is 0 Å². The van der Waals surface area contributed by atoms with E-state index in [-0.39, 0.29) is 0 Å². The molecule has 6 nitrogen and oxygen atoms in total. The maximum Gasteiger partial charge on any atom is 0.316 e. The number of carbonyl (C=O) groups is 3.